The zero-order valence-electron chi connectivity index (χ0n) is 36.4. The van der Waals surface area contributed by atoms with Gasteiger partial charge >= 0.3 is 0 Å². The number of nitrogens with zero attached hydrogens (tertiary/aromatic N) is 1. The number of fused-ring (bicyclic) bond motifs is 4. The monoisotopic (exact) mass is 839 g/mol. The van der Waals surface area contributed by atoms with Crippen molar-refractivity contribution < 1.29 is 0 Å². The van der Waals surface area contributed by atoms with Gasteiger partial charge < -0.3 is 4.90 Å². The van der Waals surface area contributed by atoms with Crippen LogP contribution in [0, 0.1) is 0 Å². The van der Waals surface area contributed by atoms with Gasteiger partial charge in [-0.25, -0.2) is 0 Å². The zero-order chi connectivity index (χ0) is 43.9. The van der Waals surface area contributed by atoms with Crippen LogP contribution in [0.4, 0.5) is 17.1 Å². The van der Waals surface area contributed by atoms with E-state index >= 15 is 0 Å². The van der Waals surface area contributed by atoms with E-state index in [0.717, 1.165) is 22.6 Å². The van der Waals surface area contributed by atoms with Crippen LogP contribution in [-0.4, -0.2) is 0 Å². The SMILES string of the molecule is c1ccc(-c2ccc(N(c3ccc(-c4cccc5ccccc45)cc3)c3ccc(-c4ccccc4)c(-c4ccc(C5(c6ccccc6)c6ccccc6-c6ccccc65)cc4)c3)cc2)cc1. The summed E-state index contributed by atoms with van der Waals surface area (Å²) >= 11 is 0. The van der Waals surface area contributed by atoms with Gasteiger partial charge in [-0.15, -0.1) is 0 Å². The predicted octanol–water partition coefficient (Wildman–Crippen LogP) is 17.3. The molecule has 0 atom stereocenters. The highest BCUT2D eigenvalue weighted by Crippen LogP contribution is 2.56. The van der Waals surface area contributed by atoms with Gasteiger partial charge in [0.1, 0.15) is 0 Å². The summed E-state index contributed by atoms with van der Waals surface area (Å²) < 4.78 is 0. The first kappa shape index (κ1) is 39.1. The van der Waals surface area contributed by atoms with Crippen molar-refractivity contribution in [3.8, 4) is 55.6 Å². The van der Waals surface area contributed by atoms with Crippen LogP contribution in [0.5, 0.6) is 0 Å². The van der Waals surface area contributed by atoms with Crippen molar-refractivity contribution in [2.24, 2.45) is 0 Å². The number of benzene rings is 11. The van der Waals surface area contributed by atoms with Crippen LogP contribution in [0.3, 0.4) is 0 Å². The van der Waals surface area contributed by atoms with Crippen molar-refractivity contribution in [2.75, 3.05) is 4.90 Å². The Morgan fingerprint density at radius 2 is 0.667 bits per heavy atom. The molecule has 0 N–H and O–H groups in total. The highest BCUT2D eigenvalue weighted by Gasteiger charge is 2.45. The standard InChI is InChI=1S/C65H45N/c1-4-17-46(18-5-1)47-33-39-54(40-34-47)66(55-41-35-50(36-42-55)58-28-16-22-49-21-10-11-25-57(49)58)56-43-44-59(48-19-6-2-7-20-48)62(45-56)51-31-37-53(38-32-51)65(52-23-8-3-9-24-52)63-29-14-12-26-60(63)61-27-13-15-30-64(61)65/h1-45H. The van der Waals surface area contributed by atoms with Gasteiger partial charge in [0.25, 0.3) is 0 Å². The minimum atomic E-state index is -0.460. The Labute approximate surface area is 387 Å². The summed E-state index contributed by atoms with van der Waals surface area (Å²) in [6.45, 7) is 0. The molecule has 11 aromatic rings. The van der Waals surface area contributed by atoms with Crippen LogP contribution in [-0.2, 0) is 5.41 Å². The Morgan fingerprint density at radius 3 is 1.32 bits per heavy atom. The summed E-state index contributed by atoms with van der Waals surface area (Å²) in [6, 6.07) is 100.0. The lowest BCUT2D eigenvalue weighted by atomic mass is 9.67. The fourth-order valence-electron chi connectivity index (χ4n) is 10.5. The molecule has 0 saturated heterocycles. The first-order valence-corrected chi connectivity index (χ1v) is 22.8. The summed E-state index contributed by atoms with van der Waals surface area (Å²) in [6.07, 6.45) is 0. The average Bonchev–Trinajstić information content (AvgIpc) is 3.71. The Bertz CT molecular complexity index is 3430. The van der Waals surface area contributed by atoms with E-state index in [1.54, 1.807) is 0 Å². The van der Waals surface area contributed by atoms with Gasteiger partial charge in [0.2, 0.25) is 0 Å². The van der Waals surface area contributed by atoms with Crippen molar-refractivity contribution >= 4 is 27.8 Å². The molecule has 0 fully saturated rings. The van der Waals surface area contributed by atoms with Gasteiger partial charge in [-0.05, 0) is 125 Å². The third kappa shape index (κ3) is 6.64. The molecule has 310 valence electrons. The van der Waals surface area contributed by atoms with Crippen molar-refractivity contribution in [2.45, 2.75) is 5.41 Å². The van der Waals surface area contributed by atoms with E-state index in [2.05, 4.69) is 278 Å². The quantitative estimate of drug-likeness (QED) is 0.140. The van der Waals surface area contributed by atoms with E-state index in [1.807, 2.05) is 0 Å². The minimum Gasteiger partial charge on any atom is -0.310 e. The maximum Gasteiger partial charge on any atom is 0.0713 e. The van der Waals surface area contributed by atoms with Gasteiger partial charge in [0.05, 0.1) is 5.41 Å². The van der Waals surface area contributed by atoms with Crippen molar-refractivity contribution in [3.05, 3.63) is 295 Å². The Morgan fingerprint density at radius 1 is 0.242 bits per heavy atom. The topological polar surface area (TPSA) is 3.24 Å². The van der Waals surface area contributed by atoms with Crippen molar-refractivity contribution in [1.82, 2.24) is 0 Å². The minimum absolute atomic E-state index is 0.460. The molecule has 0 saturated carbocycles. The second-order valence-corrected chi connectivity index (χ2v) is 17.2. The lowest BCUT2D eigenvalue weighted by molar-refractivity contribution is 0.768. The lowest BCUT2D eigenvalue weighted by Crippen LogP contribution is -2.28. The Balaban J connectivity index is 1.01. The van der Waals surface area contributed by atoms with Gasteiger partial charge in [-0.2, -0.15) is 0 Å². The highest BCUT2D eigenvalue weighted by atomic mass is 15.1. The molecular weight excluding hydrogens is 795 g/mol. The average molecular weight is 840 g/mol. The largest absolute Gasteiger partial charge is 0.310 e. The summed E-state index contributed by atoms with van der Waals surface area (Å²) in [7, 11) is 0. The molecular formula is C65H45N. The molecule has 0 heterocycles. The van der Waals surface area contributed by atoms with Crippen LogP contribution in [0.1, 0.15) is 22.3 Å². The zero-order valence-corrected chi connectivity index (χ0v) is 36.4. The molecule has 0 unspecified atom stereocenters. The third-order valence-corrected chi connectivity index (χ3v) is 13.6. The molecule has 12 rings (SSSR count). The normalized spacial score (nSPS) is 12.4. The lowest BCUT2D eigenvalue weighted by Gasteiger charge is -2.34. The van der Waals surface area contributed by atoms with E-state index < -0.39 is 5.41 Å². The molecule has 1 nitrogen and oxygen atoms in total. The van der Waals surface area contributed by atoms with Crippen LogP contribution >= 0.6 is 0 Å². The number of rotatable bonds is 9. The fraction of sp³-hybridized carbons (Fsp3) is 0.0154. The van der Waals surface area contributed by atoms with Gasteiger partial charge in [0.15, 0.2) is 0 Å². The second-order valence-electron chi connectivity index (χ2n) is 17.2. The van der Waals surface area contributed by atoms with Crippen LogP contribution < -0.4 is 4.90 Å². The third-order valence-electron chi connectivity index (χ3n) is 13.6. The number of hydrogen-bond donors (Lipinski definition) is 0. The van der Waals surface area contributed by atoms with Gasteiger partial charge in [-0.1, -0.05) is 237 Å². The van der Waals surface area contributed by atoms with Crippen LogP contribution in [0.15, 0.2) is 273 Å². The van der Waals surface area contributed by atoms with Gasteiger partial charge in [0, 0.05) is 17.1 Å². The van der Waals surface area contributed by atoms with E-state index in [-0.39, 0.29) is 0 Å². The Hall–Kier alpha value is -8.52. The van der Waals surface area contributed by atoms with Crippen LogP contribution in [0.2, 0.25) is 0 Å². The van der Waals surface area contributed by atoms with E-state index in [0.29, 0.717) is 0 Å². The first-order valence-electron chi connectivity index (χ1n) is 22.8. The van der Waals surface area contributed by atoms with Crippen molar-refractivity contribution in [3.63, 3.8) is 0 Å². The number of anilines is 3. The Kier molecular flexibility index (Phi) is 9.81. The molecule has 0 aromatic heterocycles. The molecule has 1 aliphatic carbocycles. The molecule has 0 bridgehead atoms. The summed E-state index contributed by atoms with van der Waals surface area (Å²) in [5, 5.41) is 2.50. The molecule has 66 heavy (non-hydrogen) atoms. The molecule has 1 heteroatoms. The molecule has 0 amide bonds. The van der Waals surface area contributed by atoms with E-state index in [4.69, 9.17) is 0 Å². The smallest absolute Gasteiger partial charge is 0.0713 e. The summed E-state index contributed by atoms with van der Waals surface area (Å²) in [5.41, 5.74) is 20.0. The molecule has 0 radical (unpaired) electrons. The highest BCUT2D eigenvalue weighted by molar-refractivity contribution is 5.97. The molecule has 11 aromatic carbocycles. The second kappa shape index (κ2) is 16.6. The van der Waals surface area contributed by atoms with Crippen molar-refractivity contribution in [1.29, 1.82) is 0 Å². The van der Waals surface area contributed by atoms with Gasteiger partial charge in [-0.3, -0.25) is 0 Å². The van der Waals surface area contributed by atoms with E-state index in [9.17, 15) is 0 Å². The molecule has 0 aliphatic heterocycles. The predicted molar refractivity (Wildman–Crippen MR) is 278 cm³/mol. The fourth-order valence-corrected chi connectivity index (χ4v) is 10.5. The molecule has 0 spiro atoms. The molecule has 1 aliphatic rings. The van der Waals surface area contributed by atoms with Crippen LogP contribution in [0.25, 0.3) is 66.4 Å². The maximum absolute atomic E-state index is 2.39. The summed E-state index contributed by atoms with van der Waals surface area (Å²) in [5.74, 6) is 0. The summed E-state index contributed by atoms with van der Waals surface area (Å²) in [4.78, 5) is 2.39. The first-order chi connectivity index (χ1) is 32.7. The van der Waals surface area contributed by atoms with E-state index in [1.165, 1.54) is 83.1 Å². The number of hydrogen-bond acceptors (Lipinski definition) is 1. The maximum atomic E-state index is 2.39.